The second-order valence-electron chi connectivity index (χ2n) is 7.44. The van der Waals surface area contributed by atoms with Crippen molar-refractivity contribution in [2.75, 3.05) is 11.9 Å². The number of rotatable bonds is 6. The van der Waals surface area contributed by atoms with Gasteiger partial charge in [-0.2, -0.15) is 0 Å². The fourth-order valence-corrected chi connectivity index (χ4v) is 5.33. The van der Waals surface area contributed by atoms with Gasteiger partial charge in [0.2, 0.25) is 0 Å². The zero-order valence-electron chi connectivity index (χ0n) is 17.5. The third kappa shape index (κ3) is 4.27. The number of nitrogens with one attached hydrogen (secondary N) is 1. The molecule has 2 N–H and O–H groups in total. The number of pyridine rings is 1. The number of carbonyl (C=O) groups excluding carboxylic acids is 2. The zero-order chi connectivity index (χ0) is 22.7. The number of nitrogens with zero attached hydrogens (tertiary/aromatic N) is 1. The number of ether oxygens (including phenoxy) is 1. The number of carbonyl (C=O) groups is 3. The first-order valence-electron chi connectivity index (χ1n) is 10.4. The summed E-state index contributed by atoms with van der Waals surface area (Å²) < 4.78 is 5.26. The van der Waals surface area contributed by atoms with Crippen molar-refractivity contribution < 1.29 is 24.2 Å². The first-order valence-corrected chi connectivity index (χ1v) is 11.2. The van der Waals surface area contributed by atoms with E-state index in [0.717, 1.165) is 23.3 Å². The number of hydrogen-bond acceptors (Lipinski definition) is 6. The maximum Gasteiger partial charge on any atom is 0.341 e. The molecule has 1 aromatic carbocycles. The second kappa shape index (κ2) is 9.32. The van der Waals surface area contributed by atoms with Crippen LogP contribution in [0.5, 0.6) is 0 Å². The molecule has 4 rings (SSSR count). The van der Waals surface area contributed by atoms with Gasteiger partial charge in [0.1, 0.15) is 10.7 Å². The van der Waals surface area contributed by atoms with Crippen molar-refractivity contribution in [2.45, 2.75) is 32.1 Å². The molecule has 0 spiro atoms. The van der Waals surface area contributed by atoms with Gasteiger partial charge in [-0.25, -0.2) is 9.59 Å². The Morgan fingerprint density at radius 1 is 1.19 bits per heavy atom. The third-order valence-corrected chi connectivity index (χ3v) is 6.67. The van der Waals surface area contributed by atoms with E-state index in [4.69, 9.17) is 4.74 Å². The van der Waals surface area contributed by atoms with Gasteiger partial charge in [-0.05, 0) is 55.4 Å². The van der Waals surface area contributed by atoms with E-state index >= 15 is 0 Å². The highest BCUT2D eigenvalue weighted by molar-refractivity contribution is 7.17. The average Bonchev–Trinajstić information content (AvgIpc) is 3.16. The van der Waals surface area contributed by atoms with E-state index in [-0.39, 0.29) is 17.9 Å². The molecule has 32 heavy (non-hydrogen) atoms. The summed E-state index contributed by atoms with van der Waals surface area (Å²) in [4.78, 5) is 42.1. The number of thiophene rings is 1. The lowest BCUT2D eigenvalue weighted by atomic mass is 9.83. The number of anilines is 1. The van der Waals surface area contributed by atoms with Crippen LogP contribution in [0.3, 0.4) is 0 Å². The first kappa shape index (κ1) is 21.7. The summed E-state index contributed by atoms with van der Waals surface area (Å²) in [5.74, 6) is -2.08. The lowest BCUT2D eigenvalue weighted by Crippen LogP contribution is -2.20. The molecule has 2 aromatic heterocycles. The standard InChI is InChI=1S/C24H22N2O5S/c1-2-31-24(30)19-16-11-10-15(14-7-4-3-5-8-14)13-18(16)32-22(19)26-21(27)20-17(23(28)29)9-6-12-25-20/h3-9,12,15H,2,10-11,13H2,1H3,(H,26,27)(H,28,29). The molecule has 7 nitrogen and oxygen atoms in total. The highest BCUT2D eigenvalue weighted by atomic mass is 32.1. The molecule has 0 aliphatic heterocycles. The van der Waals surface area contributed by atoms with Crippen molar-refractivity contribution in [3.05, 3.63) is 81.5 Å². The van der Waals surface area contributed by atoms with E-state index < -0.39 is 17.8 Å². The van der Waals surface area contributed by atoms with Crippen LogP contribution in [0.1, 0.15) is 66.5 Å². The normalized spacial score (nSPS) is 15.0. The van der Waals surface area contributed by atoms with Gasteiger partial charge in [0.25, 0.3) is 5.91 Å². The smallest absolute Gasteiger partial charge is 0.341 e. The highest BCUT2D eigenvalue weighted by Gasteiger charge is 2.31. The molecule has 0 saturated heterocycles. The van der Waals surface area contributed by atoms with Gasteiger partial charge in [0.15, 0.2) is 0 Å². The monoisotopic (exact) mass is 450 g/mol. The number of amides is 1. The van der Waals surface area contributed by atoms with Crippen molar-refractivity contribution in [1.29, 1.82) is 0 Å². The summed E-state index contributed by atoms with van der Waals surface area (Å²) >= 11 is 1.34. The summed E-state index contributed by atoms with van der Waals surface area (Å²) in [5.41, 5.74) is 2.10. The molecule has 2 heterocycles. The van der Waals surface area contributed by atoms with Gasteiger partial charge in [0.05, 0.1) is 17.7 Å². The van der Waals surface area contributed by atoms with E-state index in [1.807, 2.05) is 18.2 Å². The van der Waals surface area contributed by atoms with E-state index in [9.17, 15) is 19.5 Å². The van der Waals surface area contributed by atoms with Crippen LogP contribution in [0.15, 0.2) is 48.7 Å². The Labute approximate surface area is 189 Å². The van der Waals surface area contributed by atoms with Crippen molar-refractivity contribution in [2.24, 2.45) is 0 Å². The van der Waals surface area contributed by atoms with E-state index in [0.29, 0.717) is 22.9 Å². The number of aromatic carboxylic acids is 1. The second-order valence-corrected chi connectivity index (χ2v) is 8.54. The number of benzene rings is 1. The summed E-state index contributed by atoms with van der Waals surface area (Å²) in [6.07, 6.45) is 3.70. The maximum atomic E-state index is 12.9. The molecule has 1 aliphatic carbocycles. The number of esters is 1. The van der Waals surface area contributed by atoms with Gasteiger partial charge >= 0.3 is 11.9 Å². The van der Waals surface area contributed by atoms with Crippen LogP contribution in [-0.2, 0) is 17.6 Å². The predicted molar refractivity (Wildman–Crippen MR) is 121 cm³/mol. The van der Waals surface area contributed by atoms with Crippen LogP contribution < -0.4 is 5.32 Å². The molecule has 8 heteroatoms. The van der Waals surface area contributed by atoms with Crippen molar-refractivity contribution >= 4 is 34.2 Å². The van der Waals surface area contributed by atoms with Crippen LogP contribution in [0, 0.1) is 0 Å². The molecule has 1 unspecified atom stereocenters. The van der Waals surface area contributed by atoms with Gasteiger partial charge in [-0.3, -0.25) is 9.78 Å². The van der Waals surface area contributed by atoms with Gasteiger partial charge in [-0.15, -0.1) is 11.3 Å². The Bertz CT molecular complexity index is 1170. The fraction of sp³-hybridized carbons (Fsp3) is 0.250. The van der Waals surface area contributed by atoms with Crippen LogP contribution >= 0.6 is 11.3 Å². The molecule has 3 aromatic rings. The Morgan fingerprint density at radius 3 is 2.69 bits per heavy atom. The minimum Gasteiger partial charge on any atom is -0.478 e. The zero-order valence-corrected chi connectivity index (χ0v) is 18.3. The summed E-state index contributed by atoms with van der Waals surface area (Å²) in [6.45, 7) is 1.94. The molecule has 1 atom stereocenters. The van der Waals surface area contributed by atoms with E-state index in [1.165, 1.54) is 35.2 Å². The average molecular weight is 451 g/mol. The van der Waals surface area contributed by atoms with Crippen molar-refractivity contribution in [1.82, 2.24) is 4.98 Å². The maximum absolute atomic E-state index is 12.9. The number of carboxylic acids is 1. The Kier molecular flexibility index (Phi) is 6.32. The van der Waals surface area contributed by atoms with Crippen LogP contribution in [0.4, 0.5) is 5.00 Å². The quantitative estimate of drug-likeness (QED) is 0.534. The molecular weight excluding hydrogens is 428 g/mol. The molecule has 0 saturated carbocycles. The Balaban J connectivity index is 1.68. The SMILES string of the molecule is CCOC(=O)c1c(NC(=O)c2ncccc2C(=O)O)sc2c1CCC(c1ccccc1)C2. The topological polar surface area (TPSA) is 106 Å². The third-order valence-electron chi connectivity index (χ3n) is 5.50. The van der Waals surface area contributed by atoms with E-state index in [2.05, 4.69) is 22.4 Å². The Hall–Kier alpha value is -3.52. The minimum atomic E-state index is -1.25. The van der Waals surface area contributed by atoms with Crippen molar-refractivity contribution in [3.8, 4) is 0 Å². The minimum absolute atomic E-state index is 0.201. The predicted octanol–water partition coefficient (Wildman–Crippen LogP) is 4.54. The molecular formula is C24H22N2O5S. The summed E-state index contributed by atoms with van der Waals surface area (Å²) in [7, 11) is 0. The summed E-state index contributed by atoms with van der Waals surface area (Å²) in [5, 5.41) is 12.5. The number of fused-ring (bicyclic) bond motifs is 1. The number of carboxylic acid groups (broad SMARTS) is 1. The van der Waals surface area contributed by atoms with Gasteiger partial charge in [-0.1, -0.05) is 30.3 Å². The summed E-state index contributed by atoms with van der Waals surface area (Å²) in [6, 6.07) is 13.0. The highest BCUT2D eigenvalue weighted by Crippen LogP contribution is 2.43. The first-order chi connectivity index (χ1) is 15.5. The van der Waals surface area contributed by atoms with Gasteiger partial charge < -0.3 is 15.2 Å². The van der Waals surface area contributed by atoms with Crippen LogP contribution in [-0.4, -0.2) is 34.5 Å². The van der Waals surface area contributed by atoms with Gasteiger partial charge in [0, 0.05) is 11.1 Å². The molecule has 1 aliphatic rings. The van der Waals surface area contributed by atoms with Crippen molar-refractivity contribution in [3.63, 3.8) is 0 Å². The van der Waals surface area contributed by atoms with E-state index in [1.54, 1.807) is 6.92 Å². The molecule has 0 fully saturated rings. The number of hydrogen-bond donors (Lipinski definition) is 2. The lowest BCUT2D eigenvalue weighted by molar-refractivity contribution is 0.0526. The molecule has 0 bridgehead atoms. The molecule has 1 amide bonds. The molecule has 164 valence electrons. The lowest BCUT2D eigenvalue weighted by Gasteiger charge is -2.23. The van der Waals surface area contributed by atoms with Crippen LogP contribution in [0.25, 0.3) is 0 Å². The number of aromatic nitrogens is 1. The Morgan fingerprint density at radius 2 is 1.97 bits per heavy atom. The molecule has 0 radical (unpaired) electrons. The van der Waals surface area contributed by atoms with Crippen LogP contribution in [0.2, 0.25) is 0 Å². The fourth-order valence-electron chi connectivity index (χ4n) is 4.02. The largest absolute Gasteiger partial charge is 0.478 e.